The number of ether oxygens (including phenoxy) is 1. The molecule has 1 fully saturated rings. The molecule has 2 aliphatic rings. The molecule has 3 nitrogen and oxygen atoms in total. The summed E-state index contributed by atoms with van der Waals surface area (Å²) in [5.74, 6) is -0.759. The molecule has 0 aromatic rings. The number of allylic oxidation sites excluding steroid dienone is 2. The second kappa shape index (κ2) is 2.44. The van der Waals surface area contributed by atoms with Gasteiger partial charge in [-0.15, -0.1) is 0 Å². The Morgan fingerprint density at radius 2 is 2.33 bits per heavy atom. The molecule has 0 unspecified atom stereocenters. The van der Waals surface area contributed by atoms with Crippen LogP contribution in [0.1, 0.15) is 6.42 Å². The Kier molecular flexibility index (Phi) is 1.53. The Morgan fingerprint density at radius 1 is 1.58 bits per heavy atom. The molecule has 64 valence electrons. The summed E-state index contributed by atoms with van der Waals surface area (Å²) in [5.41, 5.74) is 0. The summed E-state index contributed by atoms with van der Waals surface area (Å²) in [6, 6.07) is 0. The predicted molar refractivity (Wildman–Crippen MR) is 41.3 cm³/mol. The summed E-state index contributed by atoms with van der Waals surface area (Å²) in [6.07, 6.45) is 4.65. The van der Waals surface area contributed by atoms with E-state index in [0.717, 1.165) is 6.42 Å². The summed E-state index contributed by atoms with van der Waals surface area (Å²) < 4.78 is 4.56. The van der Waals surface area contributed by atoms with Crippen LogP contribution >= 0.6 is 0 Å². The molecule has 0 aromatic heterocycles. The van der Waals surface area contributed by atoms with Crippen molar-refractivity contribution in [3.63, 3.8) is 0 Å². The first kappa shape index (κ1) is 7.53. The van der Waals surface area contributed by atoms with Gasteiger partial charge in [0.25, 0.3) is 0 Å². The topological polar surface area (TPSA) is 43.4 Å². The van der Waals surface area contributed by atoms with Crippen LogP contribution in [0.3, 0.4) is 0 Å². The van der Waals surface area contributed by atoms with Crippen LogP contribution in [0.25, 0.3) is 0 Å². The van der Waals surface area contributed by atoms with E-state index in [1.54, 1.807) is 0 Å². The molecule has 0 amide bonds. The van der Waals surface area contributed by atoms with Crippen molar-refractivity contribution in [2.24, 2.45) is 17.8 Å². The van der Waals surface area contributed by atoms with Crippen molar-refractivity contribution in [3.8, 4) is 0 Å². The fourth-order valence-corrected chi connectivity index (χ4v) is 2.04. The average Bonchev–Trinajstić information content (AvgIpc) is 2.63. The number of Topliss-reactive ketones (excluding diaryl/α,β-unsaturated/α-hetero) is 1. The molecule has 0 radical (unpaired) electrons. The quantitative estimate of drug-likeness (QED) is 0.324. The number of rotatable bonds is 1. The second-order valence-corrected chi connectivity index (χ2v) is 3.29. The Labute approximate surface area is 70.4 Å². The van der Waals surface area contributed by atoms with Gasteiger partial charge in [0.15, 0.2) is 5.78 Å². The molecule has 3 heteroatoms. The van der Waals surface area contributed by atoms with Gasteiger partial charge in [0, 0.05) is 5.92 Å². The van der Waals surface area contributed by atoms with Gasteiger partial charge < -0.3 is 4.74 Å². The fourth-order valence-electron chi connectivity index (χ4n) is 2.04. The van der Waals surface area contributed by atoms with E-state index in [2.05, 4.69) is 4.74 Å². The Balaban J connectivity index is 2.23. The van der Waals surface area contributed by atoms with E-state index in [0.29, 0.717) is 0 Å². The van der Waals surface area contributed by atoms with Gasteiger partial charge in [-0.25, -0.2) is 0 Å². The third-order valence-corrected chi connectivity index (χ3v) is 2.67. The highest BCUT2D eigenvalue weighted by Crippen LogP contribution is 2.41. The summed E-state index contributed by atoms with van der Waals surface area (Å²) in [4.78, 5) is 22.6. The molecule has 0 spiro atoms. The van der Waals surface area contributed by atoms with Crippen LogP contribution < -0.4 is 0 Å². The first-order valence-corrected chi connectivity index (χ1v) is 4.04. The van der Waals surface area contributed by atoms with Crippen molar-refractivity contribution in [1.82, 2.24) is 0 Å². The van der Waals surface area contributed by atoms with Crippen LogP contribution in [0.2, 0.25) is 0 Å². The van der Waals surface area contributed by atoms with Gasteiger partial charge in [-0.1, -0.05) is 12.2 Å². The fraction of sp³-hybridized carbons (Fsp3) is 0.556. The first-order chi connectivity index (χ1) is 5.74. The van der Waals surface area contributed by atoms with E-state index >= 15 is 0 Å². The smallest absolute Gasteiger partial charge is 0.316 e. The largest absolute Gasteiger partial charge is 0.468 e. The molecule has 0 N–H and O–H groups in total. The maximum absolute atomic E-state index is 11.4. The molecule has 0 aliphatic heterocycles. The van der Waals surface area contributed by atoms with E-state index in [-0.39, 0.29) is 23.6 Å². The van der Waals surface area contributed by atoms with E-state index in [1.165, 1.54) is 7.11 Å². The number of carbonyl (C=O) groups excluding carboxylic acids is 2. The highest BCUT2D eigenvalue weighted by molar-refractivity contribution is 6.04. The average molecular weight is 166 g/mol. The summed E-state index contributed by atoms with van der Waals surface area (Å²) in [7, 11) is 1.32. The van der Waals surface area contributed by atoms with Gasteiger partial charge in [0.05, 0.1) is 7.11 Å². The van der Waals surface area contributed by atoms with E-state index < -0.39 is 5.92 Å². The lowest BCUT2D eigenvalue weighted by molar-refractivity contribution is -0.149. The van der Waals surface area contributed by atoms with Crippen LogP contribution in [0.4, 0.5) is 0 Å². The van der Waals surface area contributed by atoms with Crippen molar-refractivity contribution in [2.45, 2.75) is 6.42 Å². The monoisotopic (exact) mass is 166 g/mol. The Morgan fingerprint density at radius 3 is 2.83 bits per heavy atom. The third kappa shape index (κ3) is 0.823. The van der Waals surface area contributed by atoms with Crippen molar-refractivity contribution >= 4 is 11.8 Å². The van der Waals surface area contributed by atoms with Crippen molar-refractivity contribution in [2.75, 3.05) is 7.11 Å². The highest BCUT2D eigenvalue weighted by atomic mass is 16.5. The second-order valence-electron chi connectivity index (χ2n) is 3.29. The lowest BCUT2D eigenvalue weighted by Crippen LogP contribution is -2.28. The standard InChI is InChI=1S/C9H10O3/c1-12-9(11)7-5-2-3-6(4-5)8(7)10/h2-3,5-7H,4H2,1H3/t5-,6+,7-/m1/s1. The number of esters is 1. The molecule has 0 heterocycles. The van der Waals surface area contributed by atoms with Gasteiger partial charge in [-0.2, -0.15) is 0 Å². The summed E-state index contributed by atoms with van der Waals surface area (Å²) >= 11 is 0. The lowest BCUT2D eigenvalue weighted by atomic mass is 9.93. The van der Waals surface area contributed by atoms with E-state index in [9.17, 15) is 9.59 Å². The molecule has 0 saturated heterocycles. The molecule has 0 aromatic carbocycles. The number of hydrogen-bond acceptors (Lipinski definition) is 3. The number of fused-ring (bicyclic) bond motifs is 2. The zero-order valence-corrected chi connectivity index (χ0v) is 6.82. The molecule has 2 aliphatic carbocycles. The van der Waals surface area contributed by atoms with Crippen LogP contribution in [-0.4, -0.2) is 18.9 Å². The molecule has 3 atom stereocenters. The highest BCUT2D eigenvalue weighted by Gasteiger charge is 2.47. The minimum absolute atomic E-state index is 0.0147. The van der Waals surface area contributed by atoms with Gasteiger partial charge in [-0.05, 0) is 12.3 Å². The normalized spacial score (nSPS) is 37.4. The van der Waals surface area contributed by atoms with Crippen LogP contribution in [0.5, 0.6) is 0 Å². The van der Waals surface area contributed by atoms with Crippen molar-refractivity contribution in [1.29, 1.82) is 0 Å². The minimum Gasteiger partial charge on any atom is -0.468 e. The summed E-state index contributed by atoms with van der Waals surface area (Å²) in [6.45, 7) is 0. The number of hydrogen-bond donors (Lipinski definition) is 0. The maximum Gasteiger partial charge on any atom is 0.316 e. The maximum atomic E-state index is 11.4. The van der Waals surface area contributed by atoms with Crippen LogP contribution in [0.15, 0.2) is 12.2 Å². The molecule has 2 rings (SSSR count). The third-order valence-electron chi connectivity index (χ3n) is 2.67. The van der Waals surface area contributed by atoms with Gasteiger partial charge in [0.1, 0.15) is 5.92 Å². The van der Waals surface area contributed by atoms with Crippen molar-refractivity contribution < 1.29 is 14.3 Å². The Bertz CT molecular complexity index is 267. The molecular formula is C9H10O3. The number of carbonyl (C=O) groups is 2. The Hall–Kier alpha value is -1.12. The zero-order chi connectivity index (χ0) is 8.72. The van der Waals surface area contributed by atoms with Gasteiger partial charge >= 0.3 is 5.97 Å². The molecule has 12 heavy (non-hydrogen) atoms. The number of methoxy groups -OCH3 is 1. The number of ketones is 1. The zero-order valence-electron chi connectivity index (χ0n) is 6.82. The minimum atomic E-state index is -0.509. The molecular weight excluding hydrogens is 156 g/mol. The van der Waals surface area contributed by atoms with E-state index in [4.69, 9.17) is 0 Å². The summed E-state index contributed by atoms with van der Waals surface area (Å²) in [5, 5.41) is 0. The van der Waals surface area contributed by atoms with Gasteiger partial charge in [0.2, 0.25) is 0 Å². The predicted octanol–water partition coefficient (Wildman–Crippen LogP) is 0.551. The lowest BCUT2D eigenvalue weighted by Gasteiger charge is -2.13. The van der Waals surface area contributed by atoms with Crippen LogP contribution in [-0.2, 0) is 14.3 Å². The molecule has 1 saturated carbocycles. The SMILES string of the molecule is COC(=O)[C@H]1C(=O)[C@H]2C=C[C@@H]1C2. The van der Waals surface area contributed by atoms with E-state index in [1.807, 2.05) is 12.2 Å². The molecule has 2 bridgehead atoms. The van der Waals surface area contributed by atoms with Crippen LogP contribution in [0, 0.1) is 17.8 Å². The van der Waals surface area contributed by atoms with Gasteiger partial charge in [-0.3, -0.25) is 9.59 Å². The van der Waals surface area contributed by atoms with Crippen molar-refractivity contribution in [3.05, 3.63) is 12.2 Å². The first-order valence-electron chi connectivity index (χ1n) is 4.04.